The summed E-state index contributed by atoms with van der Waals surface area (Å²) in [5, 5.41) is 9.68. The van der Waals surface area contributed by atoms with Gasteiger partial charge in [0, 0.05) is 22.7 Å². The first-order chi connectivity index (χ1) is 12.4. The van der Waals surface area contributed by atoms with E-state index in [1.54, 1.807) is 18.2 Å². The summed E-state index contributed by atoms with van der Waals surface area (Å²) in [6.45, 7) is 4.20. The minimum atomic E-state index is 0.0973. The number of carbonyl (C=O) groups is 1. The van der Waals surface area contributed by atoms with E-state index in [4.69, 9.17) is 29.0 Å². The molecule has 9 heteroatoms. The number of thioether (sulfide) groups is 1. The number of benzene rings is 1. The fourth-order valence-corrected chi connectivity index (χ4v) is 4.44. The highest BCUT2D eigenvalue weighted by molar-refractivity contribution is 7.99. The highest BCUT2D eigenvalue weighted by Crippen LogP contribution is 2.31. The van der Waals surface area contributed by atoms with Crippen molar-refractivity contribution in [1.82, 2.24) is 19.8 Å². The molecule has 1 amide bonds. The second-order valence-electron chi connectivity index (χ2n) is 6.52. The number of hydrogen-bond acceptors (Lipinski definition) is 5. The lowest BCUT2D eigenvalue weighted by Crippen LogP contribution is -2.48. The fourth-order valence-electron chi connectivity index (χ4n) is 3.34. The zero-order chi connectivity index (χ0) is 18.8. The summed E-state index contributed by atoms with van der Waals surface area (Å²) in [7, 11) is 0. The highest BCUT2D eigenvalue weighted by Gasteiger charge is 2.29. The molecule has 1 aliphatic heterocycles. The van der Waals surface area contributed by atoms with Crippen LogP contribution in [-0.2, 0) is 4.79 Å². The average Bonchev–Trinajstić information content (AvgIpc) is 2.95. The Kier molecular flexibility index (Phi) is 5.99. The SMILES string of the molecule is C[C@@H]1CCC[C@H](C)N1C(=O)CSc1nnc(-c2cc(Cl)ccc2Cl)n1N. The number of nitrogens with two attached hydrogens (primary N) is 1. The number of aromatic nitrogens is 3. The lowest BCUT2D eigenvalue weighted by molar-refractivity contribution is -0.134. The Morgan fingerprint density at radius 2 is 1.96 bits per heavy atom. The molecule has 0 saturated carbocycles. The van der Waals surface area contributed by atoms with Crippen molar-refractivity contribution in [3.63, 3.8) is 0 Å². The van der Waals surface area contributed by atoms with Gasteiger partial charge in [-0.15, -0.1) is 10.2 Å². The van der Waals surface area contributed by atoms with Crippen LogP contribution in [0.15, 0.2) is 23.4 Å². The van der Waals surface area contributed by atoms with Gasteiger partial charge < -0.3 is 10.7 Å². The van der Waals surface area contributed by atoms with E-state index in [0.717, 1.165) is 12.8 Å². The smallest absolute Gasteiger partial charge is 0.233 e. The van der Waals surface area contributed by atoms with Crippen molar-refractivity contribution in [1.29, 1.82) is 0 Å². The van der Waals surface area contributed by atoms with Gasteiger partial charge in [0.25, 0.3) is 0 Å². The van der Waals surface area contributed by atoms with Gasteiger partial charge >= 0.3 is 0 Å². The van der Waals surface area contributed by atoms with E-state index >= 15 is 0 Å². The minimum absolute atomic E-state index is 0.0973. The number of carbonyl (C=O) groups excluding carboxylic acids is 1. The molecule has 1 aromatic heterocycles. The van der Waals surface area contributed by atoms with Gasteiger partial charge in [0.05, 0.1) is 10.8 Å². The molecule has 2 aromatic rings. The van der Waals surface area contributed by atoms with Gasteiger partial charge in [0.2, 0.25) is 11.1 Å². The predicted molar refractivity (Wildman–Crippen MR) is 106 cm³/mol. The molecule has 0 aliphatic carbocycles. The topological polar surface area (TPSA) is 77.0 Å². The zero-order valence-corrected chi connectivity index (χ0v) is 17.0. The van der Waals surface area contributed by atoms with Crippen molar-refractivity contribution in [2.45, 2.75) is 50.4 Å². The molecule has 2 atom stereocenters. The Labute approximate surface area is 167 Å². The van der Waals surface area contributed by atoms with Crippen LogP contribution in [0.2, 0.25) is 10.0 Å². The van der Waals surface area contributed by atoms with E-state index in [2.05, 4.69) is 24.0 Å². The molecule has 1 fully saturated rings. The molecule has 3 rings (SSSR count). The number of halogens is 2. The Bertz CT molecular complexity index is 802. The molecule has 2 N–H and O–H groups in total. The number of nitrogens with zero attached hydrogens (tertiary/aromatic N) is 4. The lowest BCUT2D eigenvalue weighted by Gasteiger charge is -2.39. The molecule has 0 bridgehead atoms. The molecule has 1 aliphatic rings. The number of rotatable bonds is 4. The van der Waals surface area contributed by atoms with Gasteiger partial charge in [-0.25, -0.2) is 4.68 Å². The van der Waals surface area contributed by atoms with Crippen molar-refractivity contribution in [3.8, 4) is 11.4 Å². The minimum Gasteiger partial charge on any atom is -0.337 e. The molecule has 0 unspecified atom stereocenters. The van der Waals surface area contributed by atoms with E-state index in [9.17, 15) is 4.79 Å². The normalized spacial score (nSPS) is 20.4. The lowest BCUT2D eigenvalue weighted by atomic mass is 9.98. The number of nitrogen functional groups attached to an aromatic ring is 1. The molecule has 140 valence electrons. The Balaban J connectivity index is 1.73. The van der Waals surface area contributed by atoms with Crippen molar-refractivity contribution < 1.29 is 4.79 Å². The van der Waals surface area contributed by atoms with Gasteiger partial charge in [0.1, 0.15) is 0 Å². The molecule has 6 nitrogen and oxygen atoms in total. The summed E-state index contributed by atoms with van der Waals surface area (Å²) in [6, 6.07) is 5.60. The summed E-state index contributed by atoms with van der Waals surface area (Å²) in [5.41, 5.74) is 0.602. The van der Waals surface area contributed by atoms with Crippen LogP contribution in [-0.4, -0.2) is 43.5 Å². The van der Waals surface area contributed by atoms with Crippen LogP contribution >= 0.6 is 35.0 Å². The highest BCUT2D eigenvalue weighted by atomic mass is 35.5. The summed E-state index contributed by atoms with van der Waals surface area (Å²) in [5.74, 6) is 6.90. The maximum absolute atomic E-state index is 12.6. The Morgan fingerprint density at radius 3 is 2.65 bits per heavy atom. The molecule has 2 heterocycles. The van der Waals surface area contributed by atoms with Crippen LogP contribution in [0.3, 0.4) is 0 Å². The van der Waals surface area contributed by atoms with E-state index in [1.807, 2.05) is 4.90 Å². The third-order valence-corrected chi connectivity index (χ3v) is 6.13. The summed E-state index contributed by atoms with van der Waals surface area (Å²) < 4.78 is 1.35. The van der Waals surface area contributed by atoms with Gasteiger partial charge in [0.15, 0.2) is 5.82 Å². The second kappa shape index (κ2) is 8.06. The second-order valence-corrected chi connectivity index (χ2v) is 8.31. The first-order valence-corrected chi connectivity index (χ1v) is 10.2. The van der Waals surface area contributed by atoms with Crippen LogP contribution in [0.1, 0.15) is 33.1 Å². The van der Waals surface area contributed by atoms with Crippen LogP contribution in [0.25, 0.3) is 11.4 Å². The first-order valence-electron chi connectivity index (χ1n) is 8.48. The summed E-state index contributed by atoms with van der Waals surface area (Å²) >= 11 is 13.5. The standard InChI is InChI=1S/C17H21Cl2N5OS/c1-10-4-3-5-11(2)23(10)15(25)9-26-17-22-21-16(24(17)20)13-8-12(18)6-7-14(13)19/h6-8,10-11H,3-5,9,20H2,1-2H3/t10-,11+. The molecule has 1 aromatic carbocycles. The number of hydrogen-bond donors (Lipinski definition) is 1. The maximum Gasteiger partial charge on any atom is 0.233 e. The molecule has 26 heavy (non-hydrogen) atoms. The van der Waals surface area contributed by atoms with Crippen LogP contribution in [0.5, 0.6) is 0 Å². The van der Waals surface area contributed by atoms with Gasteiger partial charge in [-0.1, -0.05) is 35.0 Å². The van der Waals surface area contributed by atoms with Crippen LogP contribution in [0.4, 0.5) is 0 Å². The molecular formula is C17H21Cl2N5OS. The van der Waals surface area contributed by atoms with Gasteiger partial charge in [-0.3, -0.25) is 4.79 Å². The van der Waals surface area contributed by atoms with E-state index < -0.39 is 0 Å². The largest absolute Gasteiger partial charge is 0.337 e. The summed E-state index contributed by atoms with van der Waals surface area (Å²) in [6.07, 6.45) is 3.26. The van der Waals surface area contributed by atoms with Gasteiger partial charge in [-0.05, 0) is 51.3 Å². The van der Waals surface area contributed by atoms with Crippen molar-refractivity contribution >= 4 is 40.9 Å². The van der Waals surface area contributed by atoms with Crippen LogP contribution < -0.4 is 5.84 Å². The third kappa shape index (κ3) is 3.94. The molecule has 0 spiro atoms. The van der Waals surface area contributed by atoms with Crippen molar-refractivity contribution in [3.05, 3.63) is 28.2 Å². The van der Waals surface area contributed by atoms with Crippen molar-refractivity contribution in [2.24, 2.45) is 0 Å². The molecular weight excluding hydrogens is 393 g/mol. The van der Waals surface area contributed by atoms with E-state index in [0.29, 0.717) is 26.6 Å². The summed E-state index contributed by atoms with van der Waals surface area (Å²) in [4.78, 5) is 14.6. The van der Waals surface area contributed by atoms with E-state index in [-0.39, 0.29) is 23.7 Å². The number of likely N-dealkylation sites (tertiary alicyclic amines) is 1. The maximum atomic E-state index is 12.6. The Hall–Kier alpha value is -1.44. The number of amides is 1. The monoisotopic (exact) mass is 413 g/mol. The molecule has 0 radical (unpaired) electrons. The van der Waals surface area contributed by atoms with Crippen molar-refractivity contribution in [2.75, 3.05) is 11.6 Å². The third-order valence-electron chi connectivity index (χ3n) is 4.64. The predicted octanol–water partition coefficient (Wildman–Crippen LogP) is 3.85. The van der Waals surface area contributed by atoms with E-state index in [1.165, 1.54) is 22.9 Å². The average molecular weight is 414 g/mol. The first kappa shape index (κ1) is 19.3. The quantitative estimate of drug-likeness (QED) is 0.608. The number of piperidine rings is 1. The molecule has 1 saturated heterocycles. The Morgan fingerprint density at radius 1 is 1.27 bits per heavy atom. The fraction of sp³-hybridized carbons (Fsp3) is 0.471. The van der Waals surface area contributed by atoms with Gasteiger partial charge in [-0.2, -0.15) is 0 Å². The zero-order valence-electron chi connectivity index (χ0n) is 14.7. The van der Waals surface area contributed by atoms with Crippen LogP contribution in [0, 0.1) is 0 Å².